The predicted octanol–water partition coefficient (Wildman–Crippen LogP) is 2.28. The standard InChI is InChI=1S/C16H22N2O5S/c1-11(2)14(20)22-8-6-4-5-7-9-23-15(21)12-10-17-16(24)18(3)13(12)19/h10H,1,4-9H2,2-3H3,(H,17,24). The molecule has 1 rings (SSSR count). The summed E-state index contributed by atoms with van der Waals surface area (Å²) >= 11 is 4.89. The smallest absolute Gasteiger partial charge is 0.345 e. The molecule has 0 saturated heterocycles. The number of nitrogens with zero attached hydrogens (tertiary/aromatic N) is 1. The van der Waals surface area contributed by atoms with Crippen LogP contribution in [0.5, 0.6) is 0 Å². The van der Waals surface area contributed by atoms with Gasteiger partial charge in [-0.2, -0.15) is 0 Å². The van der Waals surface area contributed by atoms with E-state index >= 15 is 0 Å². The first-order chi connectivity index (χ1) is 11.3. The number of H-pyrrole nitrogens is 1. The molecular formula is C16H22N2O5S. The number of ether oxygens (including phenoxy) is 2. The molecule has 1 heterocycles. The molecule has 1 aromatic heterocycles. The van der Waals surface area contributed by atoms with Crippen molar-refractivity contribution in [1.29, 1.82) is 0 Å². The Labute approximate surface area is 145 Å². The normalized spacial score (nSPS) is 10.2. The maximum Gasteiger partial charge on any atom is 0.345 e. The van der Waals surface area contributed by atoms with Gasteiger partial charge in [0.15, 0.2) is 4.77 Å². The van der Waals surface area contributed by atoms with Gasteiger partial charge in [0, 0.05) is 18.8 Å². The Morgan fingerprint density at radius 2 is 1.79 bits per heavy atom. The number of hydrogen-bond donors (Lipinski definition) is 1. The number of unbranched alkanes of at least 4 members (excludes halogenated alkanes) is 3. The van der Waals surface area contributed by atoms with E-state index in [2.05, 4.69) is 11.6 Å². The zero-order valence-corrected chi connectivity index (χ0v) is 14.7. The van der Waals surface area contributed by atoms with Crippen LogP contribution in [0, 0.1) is 4.77 Å². The molecular weight excluding hydrogens is 332 g/mol. The summed E-state index contributed by atoms with van der Waals surface area (Å²) in [5, 5.41) is 0. The monoisotopic (exact) mass is 354 g/mol. The molecule has 0 aliphatic carbocycles. The second kappa shape index (κ2) is 9.82. The number of carbonyl (C=O) groups excluding carboxylic acids is 2. The average Bonchev–Trinajstić information content (AvgIpc) is 2.54. The summed E-state index contributed by atoms with van der Waals surface area (Å²) < 4.78 is 11.5. The maximum absolute atomic E-state index is 11.9. The number of nitrogens with one attached hydrogen (secondary N) is 1. The van der Waals surface area contributed by atoms with Crippen molar-refractivity contribution >= 4 is 24.2 Å². The van der Waals surface area contributed by atoms with Crippen LogP contribution in [0.4, 0.5) is 0 Å². The molecule has 132 valence electrons. The van der Waals surface area contributed by atoms with Gasteiger partial charge in [0.05, 0.1) is 13.2 Å². The van der Waals surface area contributed by atoms with Crippen LogP contribution in [0.2, 0.25) is 0 Å². The van der Waals surface area contributed by atoms with Crippen LogP contribution in [-0.4, -0.2) is 34.7 Å². The largest absolute Gasteiger partial charge is 0.462 e. The summed E-state index contributed by atoms with van der Waals surface area (Å²) in [6, 6.07) is 0. The highest BCUT2D eigenvalue weighted by Crippen LogP contribution is 2.03. The molecule has 8 heteroatoms. The van der Waals surface area contributed by atoms with Gasteiger partial charge in [-0.3, -0.25) is 9.36 Å². The van der Waals surface area contributed by atoms with Crippen LogP contribution in [0.3, 0.4) is 0 Å². The highest BCUT2D eigenvalue weighted by atomic mass is 32.1. The average molecular weight is 354 g/mol. The van der Waals surface area contributed by atoms with Gasteiger partial charge >= 0.3 is 11.9 Å². The molecule has 0 unspecified atom stereocenters. The lowest BCUT2D eigenvalue weighted by Crippen LogP contribution is -2.26. The van der Waals surface area contributed by atoms with E-state index < -0.39 is 11.5 Å². The fourth-order valence-corrected chi connectivity index (χ4v) is 1.94. The molecule has 1 N–H and O–H groups in total. The Balaban J connectivity index is 2.22. The van der Waals surface area contributed by atoms with E-state index in [0.717, 1.165) is 19.3 Å². The van der Waals surface area contributed by atoms with Gasteiger partial charge in [0.2, 0.25) is 0 Å². The third-order valence-corrected chi connectivity index (χ3v) is 3.64. The number of esters is 2. The lowest BCUT2D eigenvalue weighted by atomic mass is 10.2. The molecule has 0 saturated carbocycles. The van der Waals surface area contributed by atoms with Crippen LogP contribution >= 0.6 is 12.2 Å². The molecule has 0 bridgehead atoms. The second-order valence-corrected chi connectivity index (χ2v) is 5.72. The Bertz CT molecular complexity index is 720. The van der Waals surface area contributed by atoms with E-state index in [0.29, 0.717) is 18.6 Å². The van der Waals surface area contributed by atoms with Crippen molar-refractivity contribution in [1.82, 2.24) is 9.55 Å². The molecule has 24 heavy (non-hydrogen) atoms. The minimum Gasteiger partial charge on any atom is -0.462 e. The summed E-state index contributed by atoms with van der Waals surface area (Å²) in [6.07, 6.45) is 4.35. The summed E-state index contributed by atoms with van der Waals surface area (Å²) in [5.41, 5.74) is -0.171. The van der Waals surface area contributed by atoms with Gasteiger partial charge in [-0.25, -0.2) is 9.59 Å². The number of carbonyl (C=O) groups is 2. The molecule has 7 nitrogen and oxygen atoms in total. The predicted molar refractivity (Wildman–Crippen MR) is 91.4 cm³/mol. The third kappa shape index (κ3) is 6.11. The molecule has 0 aromatic carbocycles. The first-order valence-electron chi connectivity index (χ1n) is 7.63. The van der Waals surface area contributed by atoms with Crippen molar-refractivity contribution < 1.29 is 19.1 Å². The van der Waals surface area contributed by atoms with Gasteiger partial charge < -0.3 is 14.5 Å². The van der Waals surface area contributed by atoms with E-state index in [-0.39, 0.29) is 22.9 Å². The molecule has 0 fully saturated rings. The van der Waals surface area contributed by atoms with E-state index in [1.54, 1.807) is 6.92 Å². The van der Waals surface area contributed by atoms with Gasteiger partial charge in [-0.05, 0) is 44.8 Å². The van der Waals surface area contributed by atoms with Crippen molar-refractivity contribution in [2.24, 2.45) is 7.05 Å². The number of rotatable bonds is 9. The lowest BCUT2D eigenvalue weighted by molar-refractivity contribution is -0.139. The highest BCUT2D eigenvalue weighted by molar-refractivity contribution is 7.71. The van der Waals surface area contributed by atoms with Gasteiger partial charge in [0.1, 0.15) is 5.56 Å². The topological polar surface area (TPSA) is 90.4 Å². The zero-order valence-electron chi connectivity index (χ0n) is 13.9. The molecule has 0 amide bonds. The van der Waals surface area contributed by atoms with E-state index in [1.807, 2.05) is 0 Å². The highest BCUT2D eigenvalue weighted by Gasteiger charge is 2.13. The quantitative estimate of drug-likeness (QED) is 0.317. The molecule has 0 atom stereocenters. The Morgan fingerprint density at radius 3 is 2.38 bits per heavy atom. The molecule has 1 aromatic rings. The Morgan fingerprint density at radius 1 is 1.21 bits per heavy atom. The van der Waals surface area contributed by atoms with Crippen LogP contribution in [-0.2, 0) is 21.3 Å². The summed E-state index contributed by atoms with van der Waals surface area (Å²) in [6.45, 7) is 5.68. The van der Waals surface area contributed by atoms with Crippen molar-refractivity contribution in [2.75, 3.05) is 13.2 Å². The summed E-state index contributed by atoms with van der Waals surface area (Å²) in [5.74, 6) is -1.05. The maximum atomic E-state index is 11.9. The minimum absolute atomic E-state index is 0.0715. The van der Waals surface area contributed by atoms with Crippen molar-refractivity contribution in [3.05, 3.63) is 39.0 Å². The first kappa shape index (κ1) is 19.8. The third-order valence-electron chi connectivity index (χ3n) is 3.25. The van der Waals surface area contributed by atoms with Crippen molar-refractivity contribution in [2.45, 2.75) is 32.6 Å². The Hall–Kier alpha value is -2.22. The van der Waals surface area contributed by atoms with E-state index in [4.69, 9.17) is 21.7 Å². The van der Waals surface area contributed by atoms with Crippen LogP contribution < -0.4 is 5.56 Å². The van der Waals surface area contributed by atoms with Gasteiger partial charge in [-0.15, -0.1) is 0 Å². The fraction of sp³-hybridized carbons (Fsp3) is 0.500. The molecule has 0 spiro atoms. The Kier molecular flexibility index (Phi) is 8.11. The number of aromatic amines is 1. The lowest BCUT2D eigenvalue weighted by Gasteiger charge is -2.06. The fourth-order valence-electron chi connectivity index (χ4n) is 1.80. The van der Waals surface area contributed by atoms with Crippen LogP contribution in [0.15, 0.2) is 23.1 Å². The van der Waals surface area contributed by atoms with Gasteiger partial charge in [0.25, 0.3) is 5.56 Å². The molecule has 0 aliphatic heterocycles. The zero-order chi connectivity index (χ0) is 18.1. The number of hydrogen-bond acceptors (Lipinski definition) is 6. The van der Waals surface area contributed by atoms with Crippen molar-refractivity contribution in [3.63, 3.8) is 0 Å². The molecule has 0 radical (unpaired) electrons. The van der Waals surface area contributed by atoms with E-state index in [1.165, 1.54) is 17.8 Å². The second-order valence-electron chi connectivity index (χ2n) is 5.34. The summed E-state index contributed by atoms with van der Waals surface area (Å²) in [7, 11) is 1.48. The van der Waals surface area contributed by atoms with Crippen LogP contribution in [0.25, 0.3) is 0 Å². The van der Waals surface area contributed by atoms with E-state index in [9.17, 15) is 14.4 Å². The first-order valence-corrected chi connectivity index (χ1v) is 8.04. The van der Waals surface area contributed by atoms with Crippen molar-refractivity contribution in [3.8, 4) is 0 Å². The van der Waals surface area contributed by atoms with Gasteiger partial charge in [-0.1, -0.05) is 6.58 Å². The summed E-state index contributed by atoms with van der Waals surface area (Å²) in [4.78, 5) is 37.5. The minimum atomic E-state index is -0.669. The SMILES string of the molecule is C=C(C)C(=O)OCCCCCCOC(=O)c1c[nH]c(=S)n(C)c1=O. The molecule has 0 aliphatic rings. The number of aromatic nitrogens is 2. The van der Waals surface area contributed by atoms with Crippen LogP contribution in [0.1, 0.15) is 43.0 Å².